The molecule has 0 atom stereocenters. The smallest absolute Gasteiger partial charge is 0.246 e. The average Bonchev–Trinajstić information content (AvgIpc) is 2.32. The number of nitrogens with one attached hydrogen (secondary N) is 1. The van der Waals surface area contributed by atoms with Gasteiger partial charge in [0, 0.05) is 16.3 Å². The van der Waals surface area contributed by atoms with Crippen LogP contribution in [0.15, 0.2) is 30.9 Å². The maximum Gasteiger partial charge on any atom is 0.246 e. The maximum absolute atomic E-state index is 13.2. The lowest BCUT2D eigenvalue weighted by Crippen LogP contribution is -2.33. The first-order valence-electron chi connectivity index (χ1n) is 5.06. The van der Waals surface area contributed by atoms with E-state index in [4.69, 9.17) is 0 Å². The van der Waals surface area contributed by atoms with E-state index < -0.39 is 11.7 Å². The molecular formula is C12H12FIN2O2. The molecule has 0 aliphatic carbocycles. The molecule has 0 spiro atoms. The third-order valence-corrected chi connectivity index (χ3v) is 3.01. The van der Waals surface area contributed by atoms with Crippen LogP contribution in [0.1, 0.15) is 0 Å². The Morgan fingerprint density at radius 1 is 1.56 bits per heavy atom. The second kappa shape index (κ2) is 6.48. The van der Waals surface area contributed by atoms with Crippen LogP contribution in [0.5, 0.6) is 0 Å². The average molecular weight is 362 g/mol. The summed E-state index contributed by atoms with van der Waals surface area (Å²) < 4.78 is 13.7. The van der Waals surface area contributed by atoms with Crippen molar-refractivity contribution >= 4 is 40.1 Å². The molecule has 96 valence electrons. The number of amides is 2. The molecule has 0 radical (unpaired) electrons. The van der Waals surface area contributed by atoms with Gasteiger partial charge in [-0.3, -0.25) is 9.59 Å². The largest absolute Gasteiger partial charge is 0.333 e. The Morgan fingerprint density at radius 3 is 2.78 bits per heavy atom. The topological polar surface area (TPSA) is 49.4 Å². The molecule has 0 unspecified atom stereocenters. The Balaban J connectivity index is 2.62. The van der Waals surface area contributed by atoms with Crippen LogP contribution in [0.4, 0.5) is 10.1 Å². The van der Waals surface area contributed by atoms with Gasteiger partial charge in [0.05, 0.1) is 6.54 Å². The van der Waals surface area contributed by atoms with Crippen molar-refractivity contribution in [3.63, 3.8) is 0 Å². The Bertz CT molecular complexity index is 491. The zero-order valence-electron chi connectivity index (χ0n) is 9.74. The minimum absolute atomic E-state index is 0.113. The lowest BCUT2D eigenvalue weighted by Gasteiger charge is -2.14. The molecule has 0 saturated carbocycles. The number of nitrogens with zero attached hydrogens (tertiary/aromatic N) is 1. The molecule has 0 aliphatic heterocycles. The highest BCUT2D eigenvalue weighted by Crippen LogP contribution is 2.15. The summed E-state index contributed by atoms with van der Waals surface area (Å²) in [5, 5.41) is 2.51. The third kappa shape index (κ3) is 4.10. The molecule has 0 aliphatic rings. The van der Waals surface area contributed by atoms with Crippen LogP contribution in [0.25, 0.3) is 0 Å². The second-order valence-corrected chi connectivity index (χ2v) is 4.74. The van der Waals surface area contributed by atoms with Gasteiger partial charge in [-0.2, -0.15) is 0 Å². The highest BCUT2D eigenvalue weighted by molar-refractivity contribution is 14.1. The van der Waals surface area contributed by atoms with Gasteiger partial charge in [-0.05, 0) is 46.9 Å². The van der Waals surface area contributed by atoms with Gasteiger partial charge >= 0.3 is 0 Å². The number of anilines is 1. The molecule has 0 heterocycles. The fourth-order valence-corrected chi connectivity index (χ4v) is 1.56. The fourth-order valence-electron chi connectivity index (χ4n) is 1.22. The van der Waals surface area contributed by atoms with E-state index in [0.717, 1.165) is 6.08 Å². The number of carbonyl (C=O) groups excluding carboxylic acids is 2. The Morgan fingerprint density at radius 2 is 2.22 bits per heavy atom. The summed E-state index contributed by atoms with van der Waals surface area (Å²) >= 11 is 1.86. The number of likely N-dealkylation sites (N-methyl/N-ethyl adjacent to an activating group) is 1. The molecule has 0 fully saturated rings. The highest BCUT2D eigenvalue weighted by Gasteiger charge is 2.10. The van der Waals surface area contributed by atoms with E-state index in [1.807, 2.05) is 22.6 Å². The van der Waals surface area contributed by atoms with E-state index in [0.29, 0.717) is 9.26 Å². The number of hydrogen-bond acceptors (Lipinski definition) is 2. The van der Waals surface area contributed by atoms with Gasteiger partial charge in [-0.15, -0.1) is 0 Å². The minimum atomic E-state index is -0.399. The van der Waals surface area contributed by atoms with Gasteiger partial charge in [0.25, 0.3) is 0 Å². The Labute approximate surface area is 118 Å². The fraction of sp³-hybridized carbons (Fsp3) is 0.167. The van der Waals surface area contributed by atoms with E-state index >= 15 is 0 Å². The zero-order valence-corrected chi connectivity index (χ0v) is 11.9. The molecule has 1 aromatic rings. The van der Waals surface area contributed by atoms with Crippen molar-refractivity contribution in [2.45, 2.75) is 0 Å². The lowest BCUT2D eigenvalue weighted by molar-refractivity contribution is -0.129. The van der Waals surface area contributed by atoms with Crippen LogP contribution in [0.2, 0.25) is 0 Å². The molecule has 0 saturated heterocycles. The first-order chi connectivity index (χ1) is 8.43. The van der Waals surface area contributed by atoms with Crippen LogP contribution in [0, 0.1) is 9.39 Å². The number of benzene rings is 1. The standard InChI is InChI=1S/C12H12FIN2O2/c1-3-12(18)16(2)7-11(17)15-8-4-5-10(14)9(13)6-8/h3-6H,1,7H2,2H3,(H,15,17). The first kappa shape index (κ1) is 14.6. The van der Waals surface area contributed by atoms with Crippen LogP contribution in [-0.2, 0) is 9.59 Å². The quantitative estimate of drug-likeness (QED) is 0.658. The normalized spacial score (nSPS) is 9.72. The zero-order chi connectivity index (χ0) is 13.7. The van der Waals surface area contributed by atoms with E-state index in [9.17, 15) is 14.0 Å². The molecule has 0 bridgehead atoms. The lowest BCUT2D eigenvalue weighted by atomic mass is 10.3. The summed E-state index contributed by atoms with van der Waals surface area (Å²) in [5.41, 5.74) is 0.359. The second-order valence-electron chi connectivity index (χ2n) is 3.58. The highest BCUT2D eigenvalue weighted by atomic mass is 127. The summed E-state index contributed by atoms with van der Waals surface area (Å²) in [6, 6.07) is 4.39. The van der Waals surface area contributed by atoms with E-state index in [1.165, 1.54) is 18.0 Å². The summed E-state index contributed by atoms with van der Waals surface area (Å²) in [6.07, 6.45) is 1.12. The van der Waals surface area contributed by atoms with Crippen molar-refractivity contribution in [3.05, 3.63) is 40.2 Å². The monoisotopic (exact) mass is 362 g/mol. The molecule has 18 heavy (non-hydrogen) atoms. The number of hydrogen-bond donors (Lipinski definition) is 1. The molecule has 6 heteroatoms. The van der Waals surface area contributed by atoms with Crippen LogP contribution < -0.4 is 5.32 Å². The molecule has 1 N–H and O–H groups in total. The number of rotatable bonds is 4. The van der Waals surface area contributed by atoms with E-state index in [2.05, 4.69) is 11.9 Å². The van der Waals surface area contributed by atoms with Crippen molar-refractivity contribution in [1.29, 1.82) is 0 Å². The summed E-state index contributed by atoms with van der Waals surface area (Å²) in [6.45, 7) is 3.21. The van der Waals surface area contributed by atoms with Gasteiger partial charge in [-0.25, -0.2) is 4.39 Å². The van der Waals surface area contributed by atoms with Crippen molar-refractivity contribution in [2.24, 2.45) is 0 Å². The predicted molar refractivity (Wildman–Crippen MR) is 75.6 cm³/mol. The molecular weight excluding hydrogens is 350 g/mol. The molecule has 1 aromatic carbocycles. The summed E-state index contributed by atoms with van der Waals surface area (Å²) in [5.74, 6) is -1.14. The van der Waals surface area contributed by atoms with Gasteiger partial charge in [0.2, 0.25) is 11.8 Å². The molecule has 4 nitrogen and oxygen atoms in total. The van der Waals surface area contributed by atoms with Crippen LogP contribution >= 0.6 is 22.6 Å². The van der Waals surface area contributed by atoms with E-state index in [1.54, 1.807) is 12.1 Å². The van der Waals surface area contributed by atoms with Crippen LogP contribution in [0.3, 0.4) is 0 Å². The SMILES string of the molecule is C=CC(=O)N(C)CC(=O)Nc1ccc(I)c(F)c1. The molecule has 0 aromatic heterocycles. The van der Waals surface area contributed by atoms with E-state index in [-0.39, 0.29) is 12.5 Å². The summed E-state index contributed by atoms with van der Waals surface area (Å²) in [7, 11) is 1.48. The maximum atomic E-state index is 13.2. The van der Waals surface area contributed by atoms with Crippen molar-refractivity contribution in [3.8, 4) is 0 Å². The van der Waals surface area contributed by atoms with Crippen molar-refractivity contribution < 1.29 is 14.0 Å². The first-order valence-corrected chi connectivity index (χ1v) is 6.14. The summed E-state index contributed by atoms with van der Waals surface area (Å²) in [4.78, 5) is 24.0. The van der Waals surface area contributed by atoms with Gasteiger partial charge in [0.1, 0.15) is 5.82 Å². The van der Waals surface area contributed by atoms with Gasteiger partial charge in [-0.1, -0.05) is 6.58 Å². The van der Waals surface area contributed by atoms with Crippen molar-refractivity contribution in [1.82, 2.24) is 4.90 Å². The molecule has 2 amide bonds. The predicted octanol–water partition coefficient (Wildman–Crippen LogP) is 2.01. The number of carbonyl (C=O) groups is 2. The minimum Gasteiger partial charge on any atom is -0.333 e. The van der Waals surface area contributed by atoms with Gasteiger partial charge < -0.3 is 10.2 Å². The molecule has 1 rings (SSSR count). The third-order valence-electron chi connectivity index (χ3n) is 2.13. The number of halogens is 2. The van der Waals surface area contributed by atoms with Gasteiger partial charge in [0.15, 0.2) is 0 Å². The Hall–Kier alpha value is -1.44. The Kier molecular flexibility index (Phi) is 5.26. The van der Waals surface area contributed by atoms with Crippen molar-refractivity contribution in [2.75, 3.05) is 18.9 Å². The van der Waals surface area contributed by atoms with Crippen LogP contribution in [-0.4, -0.2) is 30.3 Å².